The van der Waals surface area contributed by atoms with E-state index in [1.54, 1.807) is 17.4 Å². The Hall–Kier alpha value is -3.37. The van der Waals surface area contributed by atoms with E-state index in [0.717, 1.165) is 42.3 Å². The van der Waals surface area contributed by atoms with Gasteiger partial charge in [0.05, 0.1) is 18.4 Å². The molecule has 0 bridgehead atoms. The molecule has 1 fully saturated rings. The van der Waals surface area contributed by atoms with Gasteiger partial charge < -0.3 is 20.3 Å². The summed E-state index contributed by atoms with van der Waals surface area (Å²) in [7, 11) is 0. The number of nitrogens with zero attached hydrogens (tertiary/aromatic N) is 4. The van der Waals surface area contributed by atoms with E-state index in [1.165, 1.54) is 10.9 Å². The molecule has 0 spiro atoms. The van der Waals surface area contributed by atoms with Crippen molar-refractivity contribution in [3.05, 3.63) is 53.0 Å². The fourth-order valence-corrected chi connectivity index (χ4v) is 6.23. The summed E-state index contributed by atoms with van der Waals surface area (Å²) >= 11 is 1.71. The second-order valence-corrected chi connectivity index (χ2v) is 10.8. The van der Waals surface area contributed by atoms with Crippen molar-refractivity contribution in [3.8, 4) is 17.0 Å². The number of nitrogens with one attached hydrogen (secondary N) is 2. The van der Waals surface area contributed by atoms with Crippen LogP contribution >= 0.6 is 11.3 Å². The Morgan fingerprint density at radius 2 is 1.95 bits per heavy atom. The van der Waals surface area contributed by atoms with E-state index in [-0.39, 0.29) is 23.4 Å². The van der Waals surface area contributed by atoms with Gasteiger partial charge in [0.25, 0.3) is 0 Å². The number of fused-ring (bicyclic) bond motifs is 2. The first-order valence-corrected chi connectivity index (χ1v) is 13.4. The van der Waals surface area contributed by atoms with Crippen LogP contribution in [0.3, 0.4) is 0 Å². The van der Waals surface area contributed by atoms with Crippen molar-refractivity contribution in [1.82, 2.24) is 20.3 Å². The number of aromatic nitrogens is 3. The van der Waals surface area contributed by atoms with E-state index in [0.29, 0.717) is 36.1 Å². The summed E-state index contributed by atoms with van der Waals surface area (Å²) in [6.07, 6.45) is 3.36. The monoisotopic (exact) mass is 522 g/mol. The van der Waals surface area contributed by atoms with Crippen LogP contribution in [0.2, 0.25) is 0 Å². The first kappa shape index (κ1) is 24.0. The van der Waals surface area contributed by atoms with Gasteiger partial charge in [0, 0.05) is 21.9 Å². The van der Waals surface area contributed by atoms with Crippen molar-refractivity contribution < 1.29 is 13.5 Å². The summed E-state index contributed by atoms with van der Waals surface area (Å²) in [5.41, 5.74) is 0.931. The number of benzene rings is 1. The van der Waals surface area contributed by atoms with Gasteiger partial charge in [0.15, 0.2) is 17.4 Å². The van der Waals surface area contributed by atoms with Crippen LogP contribution in [-0.4, -0.2) is 47.2 Å². The molecule has 0 amide bonds. The summed E-state index contributed by atoms with van der Waals surface area (Å²) in [4.78, 5) is 17.6. The van der Waals surface area contributed by atoms with Gasteiger partial charge >= 0.3 is 0 Å². The summed E-state index contributed by atoms with van der Waals surface area (Å²) in [5, 5.41) is 7.61. The van der Waals surface area contributed by atoms with E-state index in [4.69, 9.17) is 9.72 Å². The molecule has 4 aromatic rings. The van der Waals surface area contributed by atoms with Crippen LogP contribution in [0, 0.1) is 11.6 Å². The molecule has 2 aliphatic rings. The van der Waals surface area contributed by atoms with Gasteiger partial charge in [0.2, 0.25) is 5.95 Å². The van der Waals surface area contributed by atoms with Crippen molar-refractivity contribution in [2.75, 3.05) is 36.5 Å². The molecule has 0 unspecified atom stereocenters. The first-order chi connectivity index (χ1) is 18.0. The number of halogens is 2. The maximum Gasteiger partial charge on any atom is 0.229 e. The van der Waals surface area contributed by atoms with Gasteiger partial charge in [-0.3, -0.25) is 0 Å². The third kappa shape index (κ3) is 4.71. The lowest BCUT2D eigenvalue weighted by Crippen LogP contribution is -2.38. The Morgan fingerprint density at radius 3 is 2.76 bits per heavy atom. The summed E-state index contributed by atoms with van der Waals surface area (Å²) in [6.45, 7) is 7.17. The van der Waals surface area contributed by atoms with Crippen LogP contribution in [-0.2, 0) is 0 Å². The molecule has 10 heteroatoms. The van der Waals surface area contributed by atoms with Crippen molar-refractivity contribution in [3.63, 3.8) is 0 Å². The van der Waals surface area contributed by atoms with Crippen LogP contribution in [0.15, 0.2) is 36.5 Å². The van der Waals surface area contributed by atoms with Gasteiger partial charge in [-0.25, -0.2) is 23.7 Å². The Labute approximate surface area is 217 Å². The smallest absolute Gasteiger partial charge is 0.229 e. The number of ether oxygens (including phenoxy) is 1. The Bertz CT molecular complexity index is 1450. The number of rotatable bonds is 5. The van der Waals surface area contributed by atoms with Crippen LogP contribution in [0.25, 0.3) is 21.5 Å². The maximum absolute atomic E-state index is 15.0. The molecule has 0 aliphatic carbocycles. The lowest BCUT2D eigenvalue weighted by atomic mass is 9.96. The third-order valence-electron chi connectivity index (χ3n) is 6.94. The molecule has 0 radical (unpaired) electrons. The highest BCUT2D eigenvalue weighted by atomic mass is 32.1. The Kier molecular flexibility index (Phi) is 6.37. The molecular formula is C27H28F2N6OS. The van der Waals surface area contributed by atoms with Gasteiger partial charge in [-0.1, -0.05) is 0 Å². The Morgan fingerprint density at radius 1 is 1.11 bits per heavy atom. The number of anilines is 3. The van der Waals surface area contributed by atoms with Gasteiger partial charge in [-0.05, 0) is 76.0 Å². The lowest BCUT2D eigenvalue weighted by molar-refractivity contribution is 0.287. The summed E-state index contributed by atoms with van der Waals surface area (Å²) in [5.74, 6) is 0.335. The zero-order chi connectivity index (χ0) is 25.5. The molecular weight excluding hydrogens is 494 g/mol. The molecule has 1 saturated heterocycles. The zero-order valence-corrected chi connectivity index (χ0v) is 21.5. The topological polar surface area (TPSA) is 75.2 Å². The molecule has 2 N–H and O–H groups in total. The fraction of sp³-hybridized carbons (Fsp3) is 0.370. The molecule has 0 atom stereocenters. The van der Waals surface area contributed by atoms with Crippen LogP contribution in [0.5, 0.6) is 5.75 Å². The molecule has 6 rings (SSSR count). The minimum Gasteiger partial charge on any atom is -0.486 e. The second kappa shape index (κ2) is 9.83. The molecule has 37 heavy (non-hydrogen) atoms. The number of piperidine rings is 1. The van der Waals surface area contributed by atoms with Crippen molar-refractivity contribution in [1.29, 1.82) is 0 Å². The molecule has 3 aromatic heterocycles. The normalized spacial score (nSPS) is 16.2. The minimum atomic E-state index is -0.633. The largest absolute Gasteiger partial charge is 0.486 e. The van der Waals surface area contributed by atoms with E-state index < -0.39 is 11.6 Å². The van der Waals surface area contributed by atoms with Crippen molar-refractivity contribution in [2.24, 2.45) is 0 Å². The summed E-state index contributed by atoms with van der Waals surface area (Å²) < 4.78 is 35.4. The van der Waals surface area contributed by atoms with E-state index >= 15 is 0 Å². The first-order valence-electron chi connectivity index (χ1n) is 12.6. The number of hydrogen-bond acceptors (Lipinski definition) is 8. The number of pyridine rings is 1. The van der Waals surface area contributed by atoms with Crippen LogP contribution in [0.4, 0.5) is 26.2 Å². The van der Waals surface area contributed by atoms with Gasteiger partial charge in [-0.2, -0.15) is 0 Å². The Balaban J connectivity index is 1.30. The quantitative estimate of drug-likeness (QED) is 0.341. The average molecular weight is 523 g/mol. The highest BCUT2D eigenvalue weighted by Gasteiger charge is 2.26. The predicted octanol–water partition coefficient (Wildman–Crippen LogP) is 5.85. The van der Waals surface area contributed by atoms with Gasteiger partial charge in [-0.15, -0.1) is 11.3 Å². The molecule has 5 heterocycles. The molecule has 0 saturated carbocycles. The standard InChI is InChI=1S/C27H28F2N6OS/c1-15(2)35-9-10-36-25-19(28)11-18(12-21(25)35)24-20(29)14-31-27(34-24)33-23-4-3-17-13-22(37-26(17)32-23)16-5-7-30-8-6-16/h3-4,11-16,30H,5-10H2,1-2H3,(H,31,32,33,34). The van der Waals surface area contributed by atoms with E-state index in [2.05, 4.69) is 26.7 Å². The molecule has 2 aliphatic heterocycles. The van der Waals surface area contributed by atoms with Crippen molar-refractivity contribution >= 4 is 39.0 Å². The average Bonchev–Trinajstić information content (AvgIpc) is 3.33. The molecule has 1 aromatic carbocycles. The molecule has 7 nitrogen and oxygen atoms in total. The summed E-state index contributed by atoms with van der Waals surface area (Å²) in [6, 6.07) is 9.24. The SMILES string of the molecule is CC(C)N1CCOc2c(F)cc(-c3nc(Nc4ccc5cc(C6CCNCC6)sc5n4)ncc3F)cc21. The third-order valence-corrected chi connectivity index (χ3v) is 8.14. The highest BCUT2D eigenvalue weighted by Crippen LogP contribution is 2.40. The number of thiophene rings is 1. The van der Waals surface area contributed by atoms with Gasteiger partial charge in [0.1, 0.15) is 22.9 Å². The lowest BCUT2D eigenvalue weighted by Gasteiger charge is -2.34. The van der Waals surface area contributed by atoms with E-state index in [1.807, 2.05) is 30.9 Å². The minimum absolute atomic E-state index is 0.0128. The predicted molar refractivity (Wildman–Crippen MR) is 143 cm³/mol. The highest BCUT2D eigenvalue weighted by molar-refractivity contribution is 7.18. The van der Waals surface area contributed by atoms with Crippen molar-refractivity contribution in [2.45, 2.75) is 38.6 Å². The molecule has 192 valence electrons. The zero-order valence-electron chi connectivity index (χ0n) is 20.7. The maximum atomic E-state index is 15.0. The van der Waals surface area contributed by atoms with Crippen LogP contribution in [0.1, 0.15) is 37.5 Å². The number of hydrogen-bond donors (Lipinski definition) is 2. The van der Waals surface area contributed by atoms with Crippen LogP contribution < -0.4 is 20.3 Å². The fourth-order valence-electron chi connectivity index (χ4n) is 5.03. The second-order valence-electron chi connectivity index (χ2n) is 9.72. The van der Waals surface area contributed by atoms with E-state index in [9.17, 15) is 8.78 Å².